The Morgan fingerprint density at radius 1 is 1.39 bits per heavy atom. The van der Waals surface area contributed by atoms with Crippen LogP contribution in [0.4, 0.5) is 19.0 Å². The summed E-state index contributed by atoms with van der Waals surface area (Å²) in [5.74, 6) is 0.673. The minimum Gasteiger partial charge on any atom is -0.376 e. The summed E-state index contributed by atoms with van der Waals surface area (Å²) >= 11 is 0. The maximum atomic E-state index is 11.9. The van der Waals surface area contributed by atoms with E-state index < -0.39 is 12.6 Å². The molecule has 0 aliphatic rings. The van der Waals surface area contributed by atoms with Crippen LogP contribution in [0.25, 0.3) is 0 Å². The van der Waals surface area contributed by atoms with E-state index in [9.17, 15) is 13.2 Å². The van der Waals surface area contributed by atoms with Gasteiger partial charge in [-0.2, -0.15) is 13.2 Å². The molecule has 0 aliphatic carbocycles. The maximum Gasteiger partial charge on any atom is 0.391 e. The monoisotopic (exact) mass is 262 g/mol. The molecule has 102 valence electrons. The van der Waals surface area contributed by atoms with Gasteiger partial charge in [0.25, 0.3) is 0 Å². The van der Waals surface area contributed by atoms with Crippen molar-refractivity contribution in [2.75, 3.05) is 18.5 Å². The first-order valence-electron chi connectivity index (χ1n) is 5.85. The van der Waals surface area contributed by atoms with E-state index in [1.807, 2.05) is 6.92 Å². The van der Waals surface area contributed by atoms with E-state index >= 15 is 0 Å². The number of nitrogens with zero attached hydrogens (tertiary/aromatic N) is 1. The number of nitrogens with one attached hydrogen (secondary N) is 1. The van der Waals surface area contributed by atoms with E-state index in [0.29, 0.717) is 5.82 Å². The van der Waals surface area contributed by atoms with Crippen LogP contribution < -0.4 is 5.32 Å². The summed E-state index contributed by atoms with van der Waals surface area (Å²) in [5, 5.41) is 3.11. The molecule has 0 radical (unpaired) electrons. The molecule has 18 heavy (non-hydrogen) atoms. The van der Waals surface area contributed by atoms with Crippen molar-refractivity contribution in [3.8, 4) is 0 Å². The molecule has 0 atom stereocenters. The van der Waals surface area contributed by atoms with Crippen molar-refractivity contribution in [2.45, 2.75) is 32.5 Å². The van der Waals surface area contributed by atoms with Crippen LogP contribution in [0.1, 0.15) is 25.3 Å². The summed E-state index contributed by atoms with van der Waals surface area (Å²) in [6.45, 7) is 2.60. The Hall–Kier alpha value is -1.30. The zero-order valence-corrected chi connectivity index (χ0v) is 10.3. The zero-order chi connectivity index (χ0) is 13.4. The summed E-state index contributed by atoms with van der Waals surface area (Å²) < 4.78 is 40.8. The molecule has 1 heterocycles. The third kappa shape index (κ3) is 5.86. The van der Waals surface area contributed by atoms with E-state index in [-0.39, 0.29) is 13.2 Å². The highest BCUT2D eigenvalue weighted by molar-refractivity contribution is 5.43. The second kappa shape index (κ2) is 7.20. The Balaban J connectivity index is 2.41. The summed E-state index contributed by atoms with van der Waals surface area (Å²) in [6, 6.07) is 3.53. The van der Waals surface area contributed by atoms with E-state index in [4.69, 9.17) is 4.74 Å². The maximum absolute atomic E-state index is 11.9. The molecule has 0 saturated heterocycles. The summed E-state index contributed by atoms with van der Waals surface area (Å²) in [5.41, 5.74) is 0.771. The number of halogens is 3. The Morgan fingerprint density at radius 3 is 2.83 bits per heavy atom. The highest BCUT2D eigenvalue weighted by Gasteiger charge is 2.26. The average molecular weight is 262 g/mol. The van der Waals surface area contributed by atoms with Crippen LogP contribution in [0.15, 0.2) is 18.3 Å². The predicted octanol–water partition coefficient (Wildman–Crippen LogP) is 3.37. The molecular formula is C12H17F3N2O. The smallest absolute Gasteiger partial charge is 0.376 e. The Kier molecular flexibility index (Phi) is 5.91. The van der Waals surface area contributed by atoms with Gasteiger partial charge in [-0.3, -0.25) is 0 Å². The van der Waals surface area contributed by atoms with Crippen LogP contribution in [0, 0.1) is 0 Å². The summed E-state index contributed by atoms with van der Waals surface area (Å²) in [6.07, 6.45) is -2.51. The van der Waals surface area contributed by atoms with Gasteiger partial charge in [-0.05, 0) is 12.5 Å². The first-order chi connectivity index (χ1) is 8.53. The molecule has 1 aromatic rings. The minimum atomic E-state index is -4.17. The van der Waals surface area contributed by atoms with Crippen molar-refractivity contribution < 1.29 is 17.9 Å². The lowest BCUT2D eigenvalue weighted by Gasteiger charge is -2.11. The second-order valence-corrected chi connectivity index (χ2v) is 3.86. The Morgan fingerprint density at radius 2 is 2.17 bits per heavy atom. The van der Waals surface area contributed by atoms with Gasteiger partial charge in [-0.25, -0.2) is 4.98 Å². The van der Waals surface area contributed by atoms with Crippen molar-refractivity contribution in [2.24, 2.45) is 0 Å². The fraction of sp³-hybridized carbons (Fsp3) is 0.583. The molecular weight excluding hydrogens is 245 g/mol. The topological polar surface area (TPSA) is 34.2 Å². The quantitative estimate of drug-likeness (QED) is 0.765. The van der Waals surface area contributed by atoms with Crippen LogP contribution in [0.3, 0.4) is 0 Å². The van der Waals surface area contributed by atoms with Crippen molar-refractivity contribution in [3.63, 3.8) is 0 Å². The zero-order valence-electron chi connectivity index (χ0n) is 10.3. The van der Waals surface area contributed by atoms with Crippen molar-refractivity contribution in [1.29, 1.82) is 0 Å². The lowest BCUT2D eigenvalue weighted by atomic mass is 10.2. The predicted molar refractivity (Wildman–Crippen MR) is 63.3 cm³/mol. The SMILES string of the molecule is CCCNc1ncccc1COCCC(F)(F)F. The fourth-order valence-corrected chi connectivity index (χ4v) is 1.33. The molecule has 0 aliphatic heterocycles. The molecule has 3 nitrogen and oxygen atoms in total. The molecule has 6 heteroatoms. The molecule has 0 unspecified atom stereocenters. The van der Waals surface area contributed by atoms with Crippen LogP contribution in [-0.4, -0.2) is 24.3 Å². The van der Waals surface area contributed by atoms with Gasteiger partial charge < -0.3 is 10.1 Å². The second-order valence-electron chi connectivity index (χ2n) is 3.86. The lowest BCUT2D eigenvalue weighted by molar-refractivity contribution is -0.146. The first-order valence-corrected chi connectivity index (χ1v) is 5.85. The third-order valence-corrected chi connectivity index (χ3v) is 2.22. The highest BCUT2D eigenvalue weighted by atomic mass is 19.4. The van der Waals surface area contributed by atoms with Crippen molar-refractivity contribution in [3.05, 3.63) is 23.9 Å². The average Bonchev–Trinajstić information content (AvgIpc) is 2.32. The standard InChI is InChI=1S/C12H17F3N2O/c1-2-6-16-11-10(4-3-7-17-11)9-18-8-5-12(13,14)15/h3-4,7H,2,5-6,8-9H2,1H3,(H,16,17). The largest absolute Gasteiger partial charge is 0.391 e. The third-order valence-electron chi connectivity index (χ3n) is 2.22. The van der Waals surface area contributed by atoms with Gasteiger partial charge in [-0.15, -0.1) is 0 Å². The van der Waals surface area contributed by atoms with Gasteiger partial charge in [0.1, 0.15) is 5.82 Å². The van der Waals surface area contributed by atoms with Gasteiger partial charge in [0.15, 0.2) is 0 Å². The molecule has 0 aromatic carbocycles. The molecule has 1 aromatic heterocycles. The van der Waals surface area contributed by atoms with Gasteiger partial charge in [-0.1, -0.05) is 13.0 Å². The molecule has 0 fully saturated rings. The number of hydrogen-bond acceptors (Lipinski definition) is 3. The normalized spacial score (nSPS) is 11.6. The van der Waals surface area contributed by atoms with E-state index in [1.165, 1.54) is 0 Å². The number of hydrogen-bond donors (Lipinski definition) is 1. The minimum absolute atomic E-state index is 0.135. The summed E-state index contributed by atoms with van der Waals surface area (Å²) in [4.78, 5) is 4.13. The Labute approximate surface area is 104 Å². The summed E-state index contributed by atoms with van der Waals surface area (Å²) in [7, 11) is 0. The molecule has 1 N–H and O–H groups in total. The van der Waals surface area contributed by atoms with Crippen LogP contribution in [0.2, 0.25) is 0 Å². The number of pyridine rings is 1. The number of ether oxygens (including phenoxy) is 1. The van der Waals surface area contributed by atoms with Gasteiger partial charge in [0.05, 0.1) is 19.6 Å². The van der Waals surface area contributed by atoms with Crippen LogP contribution in [0.5, 0.6) is 0 Å². The number of rotatable bonds is 7. The number of alkyl halides is 3. The van der Waals surface area contributed by atoms with Crippen molar-refractivity contribution in [1.82, 2.24) is 4.98 Å². The molecule has 1 rings (SSSR count). The van der Waals surface area contributed by atoms with Crippen LogP contribution in [-0.2, 0) is 11.3 Å². The molecule has 0 amide bonds. The molecule has 0 spiro atoms. The van der Waals surface area contributed by atoms with Crippen molar-refractivity contribution >= 4 is 5.82 Å². The molecule has 0 saturated carbocycles. The Bertz CT molecular complexity index is 355. The lowest BCUT2D eigenvalue weighted by Crippen LogP contribution is -2.12. The first kappa shape index (κ1) is 14.8. The van der Waals surface area contributed by atoms with Gasteiger partial charge >= 0.3 is 6.18 Å². The van der Waals surface area contributed by atoms with E-state index in [0.717, 1.165) is 18.5 Å². The van der Waals surface area contributed by atoms with Gasteiger partial charge in [0, 0.05) is 18.3 Å². The molecule has 0 bridgehead atoms. The number of aromatic nitrogens is 1. The van der Waals surface area contributed by atoms with Crippen LogP contribution >= 0.6 is 0 Å². The number of anilines is 1. The fourth-order valence-electron chi connectivity index (χ4n) is 1.33. The van der Waals surface area contributed by atoms with Gasteiger partial charge in [0.2, 0.25) is 0 Å². The van der Waals surface area contributed by atoms with E-state index in [1.54, 1.807) is 18.3 Å². The highest BCUT2D eigenvalue weighted by Crippen LogP contribution is 2.20. The van der Waals surface area contributed by atoms with E-state index in [2.05, 4.69) is 10.3 Å².